The molecule has 0 bridgehead atoms. The van der Waals surface area contributed by atoms with Crippen LogP contribution in [-0.2, 0) is 32.1 Å². The van der Waals surface area contributed by atoms with Crippen molar-refractivity contribution in [1.82, 2.24) is 15.6 Å². The third kappa shape index (κ3) is 14.7. The van der Waals surface area contributed by atoms with E-state index in [0.717, 1.165) is 58.4 Å². The van der Waals surface area contributed by atoms with Crippen LogP contribution in [0.2, 0.25) is 5.02 Å². The normalized spacial score (nSPS) is 13.7. The Bertz CT molecular complexity index is 3270. The van der Waals surface area contributed by atoms with E-state index in [9.17, 15) is 38.7 Å². The molecule has 79 heavy (non-hydrogen) atoms. The Hall–Kier alpha value is -8.61. The van der Waals surface area contributed by atoms with Crippen LogP contribution in [-0.4, -0.2) is 86.3 Å². The molecule has 2 aliphatic rings. The number of carboxylic acids is 1. The lowest BCUT2D eigenvalue weighted by Gasteiger charge is -2.16. The lowest BCUT2D eigenvalue weighted by Crippen LogP contribution is -2.32. The van der Waals surface area contributed by atoms with Crippen LogP contribution in [0.1, 0.15) is 102 Å². The highest BCUT2D eigenvalue weighted by Gasteiger charge is 2.39. The number of carbonyl (C=O) groups excluding carboxylic acids is 7. The van der Waals surface area contributed by atoms with Crippen LogP contribution in [0, 0.1) is 25.7 Å². The van der Waals surface area contributed by atoms with E-state index in [1.165, 1.54) is 56.5 Å². The molecule has 18 nitrogen and oxygen atoms in total. The molecular weight excluding hydrogens is 1030 g/mol. The van der Waals surface area contributed by atoms with Crippen LogP contribution in [0.25, 0.3) is 11.1 Å². The molecule has 0 saturated heterocycles. The third-order valence-electron chi connectivity index (χ3n) is 14.0. The number of halogens is 1. The fourth-order valence-electron chi connectivity index (χ4n) is 9.77. The van der Waals surface area contributed by atoms with Crippen molar-refractivity contribution in [3.05, 3.63) is 159 Å². The average Bonchev–Trinajstić information content (AvgIpc) is 4.33. The number of hydrogen-bond donors (Lipinski definition) is 5. The molecule has 1 fully saturated rings. The fraction of sp³-hybridized carbons (Fsp3) is 0.300. The Balaban J connectivity index is 0.703. The number of amides is 5. The Labute approximate surface area is 461 Å². The molecule has 1 atom stereocenters. The van der Waals surface area contributed by atoms with E-state index < -0.39 is 48.7 Å². The van der Waals surface area contributed by atoms with Crippen molar-refractivity contribution < 1.29 is 57.6 Å². The maximum atomic E-state index is 13.4. The van der Waals surface area contributed by atoms with Gasteiger partial charge < -0.3 is 55.4 Å². The first-order valence-electron chi connectivity index (χ1n) is 26.0. The summed E-state index contributed by atoms with van der Waals surface area (Å²) in [6.07, 6.45) is 7.89. The summed E-state index contributed by atoms with van der Waals surface area (Å²) in [5.74, 6) is -2.14. The van der Waals surface area contributed by atoms with Crippen LogP contribution >= 0.6 is 11.6 Å². The van der Waals surface area contributed by atoms with Crippen molar-refractivity contribution in [2.75, 3.05) is 56.0 Å². The van der Waals surface area contributed by atoms with Gasteiger partial charge in [-0.1, -0.05) is 54.8 Å². The molecule has 2 aliphatic carbocycles. The number of rotatable bonds is 24. The number of ketones is 1. The van der Waals surface area contributed by atoms with Crippen LogP contribution in [0.3, 0.4) is 0 Å². The molecule has 0 aliphatic heterocycles. The van der Waals surface area contributed by atoms with Gasteiger partial charge in [0.1, 0.15) is 42.8 Å². The molecule has 0 spiro atoms. The number of unbranched alkanes of at least 4 members (excludes halogenated alkanes) is 1. The molecule has 1 heterocycles. The molecular formula is C60H60ClN6O12-. The molecule has 5 N–H and O–H groups in total. The van der Waals surface area contributed by atoms with E-state index in [1.54, 1.807) is 42.5 Å². The van der Waals surface area contributed by atoms with Gasteiger partial charge in [0.25, 0.3) is 17.7 Å². The summed E-state index contributed by atoms with van der Waals surface area (Å²) < 4.78 is 22.6. The van der Waals surface area contributed by atoms with Crippen molar-refractivity contribution in [1.29, 1.82) is 0 Å². The number of fused-ring (bicyclic) bond motifs is 1. The summed E-state index contributed by atoms with van der Waals surface area (Å²) >= 11 is 6.42. The van der Waals surface area contributed by atoms with Gasteiger partial charge in [-0.2, -0.15) is 0 Å². The summed E-state index contributed by atoms with van der Waals surface area (Å²) in [5.41, 5.74) is 7.21. The molecule has 6 aromatic rings. The van der Waals surface area contributed by atoms with Crippen LogP contribution < -0.4 is 45.9 Å². The third-order valence-corrected chi connectivity index (χ3v) is 14.3. The maximum Gasteiger partial charge on any atom is 0.274 e. The minimum atomic E-state index is -1.46. The molecule has 1 saturated carbocycles. The number of carboxylic acid groups (broad SMARTS) is 1. The zero-order valence-electron chi connectivity index (χ0n) is 44.0. The average molecular weight is 1090 g/mol. The van der Waals surface area contributed by atoms with Gasteiger partial charge in [-0.25, -0.2) is 0 Å². The van der Waals surface area contributed by atoms with E-state index in [2.05, 4.69) is 31.6 Å². The van der Waals surface area contributed by atoms with Gasteiger partial charge >= 0.3 is 0 Å². The standard InChI is InChI=1S/C60H61ClN6O12/c1-35-36(2)56-41(27-45(57(56)71)38-12-4-5-13-38)28-51(35)78-31-37-11-10-14-39(25-37)40-16-21-50(46(26-40)60(74)75)79-34-54(69)64-24-9-8-23-63-53(68)32-77-33-55(70)65-42-17-19-44(47(61)29-42)58(72)67-48-20-18-43(30-52(48)76-3)66-59(73)49-15-6-7-22-62-49/h6-7,10-11,14-22,25-26,28-30,38,45H,4-5,8-9,12-13,23-24,27,31-34H2,1-3H3,(H,63,68)(H,64,69)(H,65,70)(H,66,73)(H,67,72)(H,74,75)/p-1. The number of aromatic nitrogens is 1. The van der Waals surface area contributed by atoms with E-state index in [1.807, 2.05) is 44.2 Å². The number of hydrogen-bond acceptors (Lipinski definition) is 13. The highest BCUT2D eigenvalue weighted by molar-refractivity contribution is 6.34. The summed E-state index contributed by atoms with van der Waals surface area (Å²) in [6, 6.07) is 28.2. The minimum absolute atomic E-state index is 0.0214. The first kappa shape index (κ1) is 56.6. The van der Waals surface area contributed by atoms with Gasteiger partial charge in [0.15, 0.2) is 12.4 Å². The quantitative estimate of drug-likeness (QED) is 0.0360. The first-order chi connectivity index (χ1) is 38.1. The molecule has 5 amide bonds. The number of carbonyl (C=O) groups is 7. The number of methoxy groups -OCH3 is 1. The number of Topliss-reactive ketones (excluding diaryl/α,β-unsaturated/α-hetero) is 1. The largest absolute Gasteiger partial charge is 0.545 e. The summed E-state index contributed by atoms with van der Waals surface area (Å²) in [5, 5.41) is 25.7. The summed E-state index contributed by atoms with van der Waals surface area (Å²) in [4.78, 5) is 92.9. The summed E-state index contributed by atoms with van der Waals surface area (Å²) in [7, 11) is 1.41. The molecule has 1 aromatic heterocycles. The van der Waals surface area contributed by atoms with Gasteiger partial charge in [-0.05, 0) is 152 Å². The highest BCUT2D eigenvalue weighted by Crippen LogP contribution is 2.43. The van der Waals surface area contributed by atoms with Crippen molar-refractivity contribution in [2.45, 2.75) is 65.4 Å². The van der Waals surface area contributed by atoms with Gasteiger partial charge in [0, 0.05) is 53.8 Å². The Morgan fingerprint density at radius 2 is 1.39 bits per heavy atom. The van der Waals surface area contributed by atoms with Crippen molar-refractivity contribution in [3.63, 3.8) is 0 Å². The predicted octanol–water partition coefficient (Wildman–Crippen LogP) is 8.07. The number of anilines is 3. The molecule has 8 rings (SSSR count). The Morgan fingerprint density at radius 3 is 2.11 bits per heavy atom. The van der Waals surface area contributed by atoms with E-state index in [0.29, 0.717) is 35.7 Å². The van der Waals surface area contributed by atoms with Gasteiger partial charge in [-0.3, -0.25) is 33.8 Å². The fourth-order valence-corrected chi connectivity index (χ4v) is 10.0. The lowest BCUT2D eigenvalue weighted by atomic mass is 9.87. The topological polar surface area (TPSA) is 253 Å². The van der Waals surface area contributed by atoms with Gasteiger partial charge in [-0.15, -0.1) is 0 Å². The van der Waals surface area contributed by atoms with Crippen LogP contribution in [0.15, 0.2) is 109 Å². The number of benzene rings is 5. The second-order valence-electron chi connectivity index (χ2n) is 19.3. The Kier molecular flexibility index (Phi) is 19.1. The monoisotopic (exact) mass is 1090 g/mol. The number of pyridine rings is 1. The zero-order valence-corrected chi connectivity index (χ0v) is 44.7. The van der Waals surface area contributed by atoms with Gasteiger partial charge in [0.2, 0.25) is 11.8 Å². The lowest BCUT2D eigenvalue weighted by molar-refractivity contribution is -0.255. The van der Waals surface area contributed by atoms with E-state index in [4.69, 9.17) is 30.5 Å². The highest BCUT2D eigenvalue weighted by atomic mass is 35.5. The second-order valence-corrected chi connectivity index (χ2v) is 19.7. The van der Waals surface area contributed by atoms with Crippen molar-refractivity contribution >= 4 is 70.0 Å². The van der Waals surface area contributed by atoms with E-state index in [-0.39, 0.29) is 77.0 Å². The first-order valence-corrected chi connectivity index (χ1v) is 26.3. The number of nitrogens with zero attached hydrogens (tertiary/aromatic N) is 1. The number of ether oxygens (including phenoxy) is 4. The number of aromatic carboxylic acids is 1. The minimum Gasteiger partial charge on any atom is -0.545 e. The molecule has 19 heteroatoms. The molecule has 0 radical (unpaired) electrons. The summed E-state index contributed by atoms with van der Waals surface area (Å²) in [6.45, 7) is 3.52. The Morgan fingerprint density at radius 1 is 0.671 bits per heavy atom. The van der Waals surface area contributed by atoms with Crippen LogP contribution in [0.5, 0.6) is 17.2 Å². The number of nitrogens with one attached hydrogen (secondary N) is 5. The maximum absolute atomic E-state index is 13.4. The molecule has 410 valence electrons. The SMILES string of the molecule is COc1cc(NC(=O)c2ccccn2)ccc1NC(=O)c1ccc(NC(=O)COCC(=O)NCCCCNC(=O)COc2ccc(-c3cccc(COc4cc5c(c(C)c4C)C(=O)C(C4CCCC4)C5)c3)cc2C(=O)[O-])cc1Cl. The van der Waals surface area contributed by atoms with Crippen LogP contribution in [0.4, 0.5) is 17.1 Å². The second kappa shape index (κ2) is 26.6. The van der Waals surface area contributed by atoms with Gasteiger partial charge in [0.05, 0.1) is 29.4 Å². The predicted molar refractivity (Wildman–Crippen MR) is 295 cm³/mol. The van der Waals surface area contributed by atoms with Crippen molar-refractivity contribution in [2.24, 2.45) is 11.8 Å². The molecule has 1 unspecified atom stereocenters. The zero-order chi connectivity index (χ0) is 56.0. The van der Waals surface area contributed by atoms with Crippen molar-refractivity contribution in [3.8, 4) is 28.4 Å². The smallest absolute Gasteiger partial charge is 0.274 e. The van der Waals surface area contributed by atoms with E-state index >= 15 is 0 Å². The molecule has 5 aromatic carbocycles.